The van der Waals surface area contributed by atoms with E-state index in [1.165, 1.54) is 6.07 Å². The number of nitrogens with one attached hydrogen (secondary N) is 3. The summed E-state index contributed by atoms with van der Waals surface area (Å²) in [4.78, 5) is 16.4. The van der Waals surface area contributed by atoms with Crippen molar-refractivity contribution >= 4 is 45.7 Å². The zero-order valence-electron chi connectivity index (χ0n) is 17.0. The van der Waals surface area contributed by atoms with Gasteiger partial charge < -0.3 is 16.0 Å². The molecule has 29 heavy (non-hydrogen) atoms. The summed E-state index contributed by atoms with van der Waals surface area (Å²) in [6.07, 6.45) is 0.632. The third-order valence-corrected chi connectivity index (χ3v) is 6.37. The number of hydrogen-bond donors (Lipinski definition) is 3. The van der Waals surface area contributed by atoms with Crippen molar-refractivity contribution in [2.24, 2.45) is 4.99 Å². The second-order valence-electron chi connectivity index (χ2n) is 7.05. The fourth-order valence-electron chi connectivity index (χ4n) is 2.96. The number of aryl methyl sites for hydroxylation is 1. The molecule has 0 bridgehead atoms. The summed E-state index contributed by atoms with van der Waals surface area (Å²) in [5, 5.41) is 9.05. The van der Waals surface area contributed by atoms with Crippen LogP contribution in [0.1, 0.15) is 43.9 Å². The molecule has 1 saturated heterocycles. The molecule has 3 N–H and O–H groups in total. The highest BCUT2D eigenvalue weighted by molar-refractivity contribution is 14.0. The predicted molar refractivity (Wildman–Crippen MR) is 124 cm³/mol. The molecule has 2 unspecified atom stereocenters. The van der Waals surface area contributed by atoms with Gasteiger partial charge in [0.1, 0.15) is 5.82 Å². The molecule has 0 saturated carbocycles. The highest BCUT2D eigenvalue weighted by atomic mass is 127. The molecule has 2 atom stereocenters. The summed E-state index contributed by atoms with van der Waals surface area (Å²) in [6, 6.07) is 4.64. The zero-order chi connectivity index (χ0) is 20.7. The lowest BCUT2D eigenvalue weighted by Crippen LogP contribution is -2.39. The molecular weight excluding hydrogens is 510 g/mol. The molecule has 1 fully saturated rings. The molecule has 0 aliphatic carbocycles. The Bertz CT molecular complexity index is 833. The first-order valence-corrected chi connectivity index (χ1v) is 11.3. The predicted octanol–water partition coefficient (Wildman–Crippen LogP) is 2.06. The van der Waals surface area contributed by atoms with Crippen molar-refractivity contribution in [2.75, 3.05) is 24.6 Å². The summed E-state index contributed by atoms with van der Waals surface area (Å²) in [5.41, 5.74) is 1.39. The zero-order valence-corrected chi connectivity index (χ0v) is 20.1. The van der Waals surface area contributed by atoms with Gasteiger partial charge in [-0.1, -0.05) is 12.1 Å². The van der Waals surface area contributed by atoms with Crippen molar-refractivity contribution in [3.8, 4) is 0 Å². The van der Waals surface area contributed by atoms with Crippen LogP contribution in [0, 0.1) is 12.7 Å². The molecule has 0 aromatic heterocycles. The van der Waals surface area contributed by atoms with E-state index in [-0.39, 0.29) is 72.3 Å². The lowest BCUT2D eigenvalue weighted by atomic mass is 10.1. The Labute approximate surface area is 189 Å². The van der Waals surface area contributed by atoms with E-state index in [1.54, 1.807) is 13.0 Å². The fraction of sp³-hybridized carbons (Fsp3) is 0.579. The largest absolute Gasteiger partial charge is 0.357 e. The van der Waals surface area contributed by atoms with Crippen molar-refractivity contribution in [1.29, 1.82) is 0 Å². The van der Waals surface area contributed by atoms with Crippen LogP contribution in [0.4, 0.5) is 4.39 Å². The Morgan fingerprint density at radius 1 is 1.38 bits per heavy atom. The van der Waals surface area contributed by atoms with E-state index in [2.05, 4.69) is 20.9 Å². The number of carbonyl (C=O) groups excluding carboxylic acids is 1. The molecule has 7 nitrogen and oxygen atoms in total. The summed E-state index contributed by atoms with van der Waals surface area (Å²) in [7, 11) is -3.02. The third kappa shape index (κ3) is 8.45. The second kappa shape index (κ2) is 11.7. The summed E-state index contributed by atoms with van der Waals surface area (Å²) < 4.78 is 36.7. The number of hydrogen-bond acceptors (Lipinski definition) is 4. The van der Waals surface area contributed by atoms with Crippen molar-refractivity contribution < 1.29 is 17.6 Å². The lowest BCUT2D eigenvalue weighted by molar-refractivity contribution is -0.121. The van der Waals surface area contributed by atoms with Crippen LogP contribution < -0.4 is 16.0 Å². The van der Waals surface area contributed by atoms with E-state index >= 15 is 0 Å². The van der Waals surface area contributed by atoms with Crippen LogP contribution in [-0.4, -0.2) is 50.9 Å². The molecule has 1 aliphatic heterocycles. The molecule has 1 aliphatic rings. The average Bonchev–Trinajstić information content (AvgIpc) is 2.95. The van der Waals surface area contributed by atoms with E-state index in [0.29, 0.717) is 24.5 Å². The van der Waals surface area contributed by atoms with Gasteiger partial charge in [0.05, 0.1) is 24.1 Å². The number of sulfone groups is 1. The van der Waals surface area contributed by atoms with Gasteiger partial charge in [-0.05, 0) is 44.4 Å². The first-order chi connectivity index (χ1) is 13.2. The minimum absolute atomic E-state index is 0. The maximum atomic E-state index is 13.8. The highest BCUT2D eigenvalue weighted by Gasteiger charge is 2.28. The van der Waals surface area contributed by atoms with Crippen molar-refractivity contribution in [1.82, 2.24) is 16.0 Å². The van der Waals surface area contributed by atoms with Crippen molar-refractivity contribution in [3.05, 3.63) is 35.1 Å². The topological polar surface area (TPSA) is 99.7 Å². The van der Waals surface area contributed by atoms with Crippen LogP contribution in [-0.2, 0) is 14.6 Å². The van der Waals surface area contributed by atoms with E-state index < -0.39 is 9.84 Å². The molecule has 1 aromatic rings. The lowest BCUT2D eigenvalue weighted by Gasteiger charge is -2.18. The first kappa shape index (κ1) is 25.6. The normalized spacial score (nSPS) is 19.2. The number of aliphatic imine (C=N–C) groups is 1. The van der Waals surface area contributed by atoms with Gasteiger partial charge in [0.15, 0.2) is 15.8 Å². The van der Waals surface area contributed by atoms with Gasteiger partial charge >= 0.3 is 0 Å². The SMILES string of the molecule is CCNC(=NCCC(=O)NC1CCS(=O)(=O)C1)NC(C)c1ccc(C)c(F)c1.I. The van der Waals surface area contributed by atoms with E-state index in [0.717, 1.165) is 5.56 Å². The van der Waals surface area contributed by atoms with Gasteiger partial charge in [0, 0.05) is 19.0 Å². The molecule has 2 rings (SSSR count). The standard InChI is InChI=1S/C19H29FN4O3S.HI/c1-4-21-19(23-14(3)15-6-5-13(2)17(20)11-15)22-9-7-18(25)24-16-8-10-28(26,27)12-16;/h5-6,11,14,16H,4,7-10,12H2,1-3H3,(H,24,25)(H2,21,22,23);1H. The number of rotatable bonds is 7. The number of guanidine groups is 1. The minimum atomic E-state index is -3.02. The van der Waals surface area contributed by atoms with E-state index in [9.17, 15) is 17.6 Å². The van der Waals surface area contributed by atoms with Crippen LogP contribution in [0.15, 0.2) is 23.2 Å². The molecule has 1 amide bonds. The van der Waals surface area contributed by atoms with Gasteiger partial charge in [-0.2, -0.15) is 0 Å². The molecule has 164 valence electrons. The van der Waals surface area contributed by atoms with Gasteiger partial charge in [0.25, 0.3) is 0 Å². The Balaban J connectivity index is 0.00000420. The Morgan fingerprint density at radius 3 is 2.69 bits per heavy atom. The highest BCUT2D eigenvalue weighted by Crippen LogP contribution is 2.16. The molecular formula is C19H30FIN4O3S. The van der Waals surface area contributed by atoms with Crippen LogP contribution >= 0.6 is 24.0 Å². The average molecular weight is 540 g/mol. The van der Waals surface area contributed by atoms with Crippen molar-refractivity contribution in [2.45, 2.75) is 45.7 Å². The van der Waals surface area contributed by atoms with Crippen LogP contribution in [0.2, 0.25) is 0 Å². The molecule has 10 heteroatoms. The first-order valence-electron chi connectivity index (χ1n) is 9.51. The van der Waals surface area contributed by atoms with Crippen LogP contribution in [0.5, 0.6) is 0 Å². The maximum Gasteiger partial charge on any atom is 0.222 e. The summed E-state index contributed by atoms with van der Waals surface area (Å²) in [5.74, 6) is 0.208. The van der Waals surface area contributed by atoms with Crippen molar-refractivity contribution in [3.63, 3.8) is 0 Å². The summed E-state index contributed by atoms with van der Waals surface area (Å²) in [6.45, 7) is 6.46. The Kier molecular flexibility index (Phi) is 10.3. The second-order valence-corrected chi connectivity index (χ2v) is 9.28. The van der Waals surface area contributed by atoms with Gasteiger partial charge in [-0.3, -0.25) is 9.79 Å². The quantitative estimate of drug-likeness (QED) is 0.280. The fourth-order valence-corrected chi connectivity index (χ4v) is 4.64. The molecule has 0 radical (unpaired) electrons. The Hall–Kier alpha value is -1.43. The third-order valence-electron chi connectivity index (χ3n) is 4.60. The van der Waals surface area contributed by atoms with Crippen LogP contribution in [0.25, 0.3) is 0 Å². The smallest absolute Gasteiger partial charge is 0.222 e. The number of benzene rings is 1. The van der Waals surface area contributed by atoms with Gasteiger partial charge in [-0.25, -0.2) is 12.8 Å². The number of carbonyl (C=O) groups is 1. The van der Waals surface area contributed by atoms with Crippen LogP contribution in [0.3, 0.4) is 0 Å². The Morgan fingerprint density at radius 2 is 2.10 bits per heavy atom. The summed E-state index contributed by atoms with van der Waals surface area (Å²) >= 11 is 0. The number of halogens is 2. The maximum absolute atomic E-state index is 13.8. The number of nitrogens with zero attached hydrogens (tertiary/aromatic N) is 1. The molecule has 1 aromatic carbocycles. The minimum Gasteiger partial charge on any atom is -0.357 e. The monoisotopic (exact) mass is 540 g/mol. The van der Waals surface area contributed by atoms with Gasteiger partial charge in [-0.15, -0.1) is 24.0 Å². The molecule has 1 heterocycles. The van der Waals surface area contributed by atoms with E-state index in [4.69, 9.17) is 0 Å². The molecule has 0 spiro atoms. The van der Waals surface area contributed by atoms with E-state index in [1.807, 2.05) is 19.9 Å². The number of amides is 1. The van der Waals surface area contributed by atoms with Gasteiger partial charge in [0.2, 0.25) is 5.91 Å².